The Kier molecular flexibility index (Phi) is 4.42. The van der Waals surface area contributed by atoms with Gasteiger partial charge in [-0.25, -0.2) is 4.79 Å². The molecular weight excluding hydrogens is 216 g/mol. The van der Waals surface area contributed by atoms with E-state index in [2.05, 4.69) is 12.2 Å². The van der Waals surface area contributed by atoms with Crippen molar-refractivity contribution in [3.63, 3.8) is 0 Å². The van der Waals surface area contributed by atoms with Crippen LogP contribution in [0.25, 0.3) is 0 Å². The van der Waals surface area contributed by atoms with Crippen LogP contribution in [0.1, 0.15) is 39.0 Å². The van der Waals surface area contributed by atoms with Gasteiger partial charge in [0.2, 0.25) is 0 Å². The van der Waals surface area contributed by atoms with E-state index in [1.54, 1.807) is 0 Å². The van der Waals surface area contributed by atoms with Crippen molar-refractivity contribution < 1.29 is 9.53 Å². The highest BCUT2D eigenvalue weighted by Gasteiger charge is 2.22. The molecule has 0 aliphatic carbocycles. The van der Waals surface area contributed by atoms with Crippen LogP contribution in [0.5, 0.6) is 0 Å². The summed E-state index contributed by atoms with van der Waals surface area (Å²) in [6.45, 7) is 4.57. The molecule has 0 aromatic carbocycles. The maximum atomic E-state index is 12.0. The summed E-state index contributed by atoms with van der Waals surface area (Å²) in [5.41, 5.74) is 1.29. The van der Waals surface area contributed by atoms with Gasteiger partial charge in [-0.15, -0.1) is 0 Å². The van der Waals surface area contributed by atoms with E-state index in [0.29, 0.717) is 6.04 Å². The lowest BCUT2D eigenvalue weighted by Crippen LogP contribution is -2.46. The number of nitrogens with zero attached hydrogens (tertiary/aromatic N) is 1. The van der Waals surface area contributed by atoms with E-state index in [1.165, 1.54) is 12.0 Å². The number of hydrogen-bond donors (Lipinski definition) is 1. The zero-order chi connectivity index (χ0) is 12.1. The van der Waals surface area contributed by atoms with Gasteiger partial charge >= 0.3 is 6.03 Å². The third-order valence-electron chi connectivity index (χ3n) is 3.60. The number of urea groups is 1. The minimum atomic E-state index is 0.0520. The summed E-state index contributed by atoms with van der Waals surface area (Å²) in [6, 6.07) is 0.424. The molecule has 0 saturated carbocycles. The number of carbonyl (C=O) groups is 1. The highest BCUT2D eigenvalue weighted by Crippen LogP contribution is 2.16. The molecule has 0 spiro atoms. The van der Waals surface area contributed by atoms with Crippen molar-refractivity contribution in [2.75, 3.05) is 19.8 Å². The van der Waals surface area contributed by atoms with Crippen LogP contribution in [0.2, 0.25) is 0 Å². The first-order valence-electron chi connectivity index (χ1n) is 6.60. The SMILES string of the molecule is CC1CCCCN1C(=O)NC=C1CCOCC1. The number of hydrogen-bond acceptors (Lipinski definition) is 2. The van der Waals surface area contributed by atoms with Gasteiger partial charge in [0.25, 0.3) is 0 Å². The molecule has 2 rings (SSSR count). The lowest BCUT2D eigenvalue weighted by atomic mass is 10.0. The smallest absolute Gasteiger partial charge is 0.321 e. The Labute approximate surface area is 103 Å². The standard InChI is InChI=1S/C13H22N2O2/c1-11-4-2-3-7-15(11)13(16)14-10-12-5-8-17-9-6-12/h10-11H,2-9H2,1H3,(H,14,16). The lowest BCUT2D eigenvalue weighted by Gasteiger charge is -2.33. The predicted octanol–water partition coefficient (Wildman–Crippen LogP) is 2.26. The van der Waals surface area contributed by atoms with Crippen LogP contribution in [-0.2, 0) is 4.74 Å². The minimum Gasteiger partial charge on any atom is -0.381 e. The van der Waals surface area contributed by atoms with Crippen LogP contribution in [0.15, 0.2) is 11.8 Å². The average Bonchev–Trinajstić information content (AvgIpc) is 2.38. The number of carbonyl (C=O) groups excluding carboxylic acids is 1. The van der Waals surface area contributed by atoms with Gasteiger partial charge in [-0.1, -0.05) is 0 Å². The van der Waals surface area contributed by atoms with E-state index < -0.39 is 0 Å². The molecule has 4 nitrogen and oxygen atoms in total. The first-order valence-corrected chi connectivity index (χ1v) is 6.60. The fourth-order valence-electron chi connectivity index (χ4n) is 2.42. The molecule has 0 radical (unpaired) electrons. The molecule has 2 aliphatic heterocycles. The van der Waals surface area contributed by atoms with Gasteiger partial charge in [0, 0.05) is 18.8 Å². The molecule has 4 heteroatoms. The Morgan fingerprint density at radius 1 is 1.41 bits per heavy atom. The number of piperidine rings is 1. The quantitative estimate of drug-likeness (QED) is 0.761. The topological polar surface area (TPSA) is 41.6 Å². The maximum absolute atomic E-state index is 12.0. The number of nitrogens with one attached hydrogen (secondary N) is 1. The van der Waals surface area contributed by atoms with Crippen LogP contribution >= 0.6 is 0 Å². The van der Waals surface area contributed by atoms with Crippen molar-refractivity contribution in [2.45, 2.75) is 45.1 Å². The van der Waals surface area contributed by atoms with Crippen molar-refractivity contribution in [2.24, 2.45) is 0 Å². The van der Waals surface area contributed by atoms with Gasteiger partial charge in [0.15, 0.2) is 0 Å². The largest absolute Gasteiger partial charge is 0.381 e. The van der Waals surface area contributed by atoms with E-state index in [0.717, 1.165) is 45.4 Å². The fraction of sp³-hybridized carbons (Fsp3) is 0.769. The van der Waals surface area contributed by atoms with Crippen LogP contribution in [0.3, 0.4) is 0 Å². The molecule has 1 unspecified atom stereocenters. The van der Waals surface area contributed by atoms with Crippen LogP contribution in [0, 0.1) is 0 Å². The molecule has 2 fully saturated rings. The Hall–Kier alpha value is -1.03. The summed E-state index contributed by atoms with van der Waals surface area (Å²) in [5.74, 6) is 0. The minimum absolute atomic E-state index is 0.0520. The second-order valence-corrected chi connectivity index (χ2v) is 4.90. The summed E-state index contributed by atoms with van der Waals surface area (Å²) in [6.07, 6.45) is 7.25. The molecule has 17 heavy (non-hydrogen) atoms. The number of amides is 2. The van der Waals surface area contributed by atoms with Gasteiger partial charge in [-0.2, -0.15) is 0 Å². The van der Waals surface area contributed by atoms with Crippen LogP contribution in [0.4, 0.5) is 4.79 Å². The second-order valence-electron chi connectivity index (χ2n) is 4.90. The number of ether oxygens (including phenoxy) is 1. The zero-order valence-corrected chi connectivity index (χ0v) is 10.6. The lowest BCUT2D eigenvalue weighted by molar-refractivity contribution is 0.118. The first-order chi connectivity index (χ1) is 8.27. The number of likely N-dealkylation sites (tertiary alicyclic amines) is 1. The van der Waals surface area contributed by atoms with Crippen molar-refractivity contribution in [3.8, 4) is 0 Å². The van der Waals surface area contributed by atoms with Gasteiger partial charge in [0.05, 0.1) is 13.2 Å². The Morgan fingerprint density at radius 3 is 2.88 bits per heavy atom. The third-order valence-corrected chi connectivity index (χ3v) is 3.60. The van der Waals surface area contributed by atoms with E-state index in [1.807, 2.05) is 11.1 Å². The molecule has 0 bridgehead atoms. The van der Waals surface area contributed by atoms with E-state index in [9.17, 15) is 4.79 Å². The van der Waals surface area contributed by atoms with Crippen LogP contribution < -0.4 is 5.32 Å². The Balaban J connectivity index is 1.83. The molecule has 0 aromatic rings. The molecule has 2 aliphatic rings. The molecule has 1 N–H and O–H groups in total. The monoisotopic (exact) mass is 238 g/mol. The van der Waals surface area contributed by atoms with Gasteiger partial charge < -0.3 is 15.0 Å². The molecule has 2 saturated heterocycles. The summed E-state index contributed by atoms with van der Waals surface area (Å²) >= 11 is 0. The highest BCUT2D eigenvalue weighted by atomic mass is 16.5. The van der Waals surface area contributed by atoms with Gasteiger partial charge in [-0.05, 0) is 44.6 Å². The van der Waals surface area contributed by atoms with Crippen molar-refractivity contribution in [1.29, 1.82) is 0 Å². The average molecular weight is 238 g/mol. The summed E-state index contributed by atoms with van der Waals surface area (Å²) in [7, 11) is 0. The zero-order valence-electron chi connectivity index (χ0n) is 10.6. The molecule has 2 heterocycles. The fourth-order valence-corrected chi connectivity index (χ4v) is 2.42. The molecule has 1 atom stereocenters. The van der Waals surface area contributed by atoms with Crippen molar-refractivity contribution in [1.82, 2.24) is 10.2 Å². The molecule has 0 aromatic heterocycles. The molecule has 2 amide bonds. The third kappa shape index (κ3) is 3.46. The normalized spacial score (nSPS) is 25.6. The summed E-state index contributed by atoms with van der Waals surface area (Å²) in [4.78, 5) is 13.9. The molecule has 96 valence electrons. The first kappa shape index (κ1) is 12.4. The van der Waals surface area contributed by atoms with Gasteiger partial charge in [-0.3, -0.25) is 0 Å². The van der Waals surface area contributed by atoms with Crippen molar-refractivity contribution in [3.05, 3.63) is 11.8 Å². The van der Waals surface area contributed by atoms with E-state index in [4.69, 9.17) is 4.74 Å². The maximum Gasteiger partial charge on any atom is 0.321 e. The number of rotatable bonds is 1. The molecular formula is C13H22N2O2. The Morgan fingerprint density at radius 2 is 2.18 bits per heavy atom. The van der Waals surface area contributed by atoms with Crippen LogP contribution in [-0.4, -0.2) is 36.7 Å². The van der Waals surface area contributed by atoms with E-state index in [-0.39, 0.29) is 6.03 Å². The highest BCUT2D eigenvalue weighted by molar-refractivity contribution is 5.75. The summed E-state index contributed by atoms with van der Waals surface area (Å²) < 4.78 is 5.28. The van der Waals surface area contributed by atoms with Crippen molar-refractivity contribution >= 4 is 6.03 Å². The van der Waals surface area contributed by atoms with Gasteiger partial charge in [0.1, 0.15) is 0 Å². The summed E-state index contributed by atoms with van der Waals surface area (Å²) in [5, 5.41) is 2.92. The predicted molar refractivity (Wildman–Crippen MR) is 66.7 cm³/mol. The second kappa shape index (κ2) is 6.05. The Bertz CT molecular complexity index is 294. The van der Waals surface area contributed by atoms with E-state index >= 15 is 0 Å².